The minimum absolute atomic E-state index is 0.259. The maximum atomic E-state index is 11.5. The fourth-order valence-electron chi connectivity index (χ4n) is 1.51. The van der Waals surface area contributed by atoms with E-state index in [1.54, 1.807) is 0 Å². The average Bonchev–Trinajstić information content (AvgIpc) is 2.80. The van der Waals surface area contributed by atoms with Gasteiger partial charge in [-0.2, -0.15) is 4.98 Å². The molecule has 0 saturated heterocycles. The molecular formula is C11H16N6O2S. The van der Waals surface area contributed by atoms with E-state index in [9.17, 15) is 4.79 Å². The van der Waals surface area contributed by atoms with Crippen molar-refractivity contribution in [1.29, 1.82) is 0 Å². The zero-order valence-corrected chi connectivity index (χ0v) is 12.1. The van der Waals surface area contributed by atoms with Crippen LogP contribution in [-0.4, -0.2) is 31.3 Å². The molecule has 0 atom stereocenters. The minimum atomic E-state index is -0.259. The number of hydrogen-bond acceptors (Lipinski definition) is 7. The van der Waals surface area contributed by atoms with Crippen LogP contribution >= 0.6 is 11.8 Å². The van der Waals surface area contributed by atoms with Crippen molar-refractivity contribution in [3.63, 3.8) is 0 Å². The van der Waals surface area contributed by atoms with Gasteiger partial charge in [0.15, 0.2) is 5.16 Å². The molecule has 2 heterocycles. The molecule has 0 radical (unpaired) electrons. The van der Waals surface area contributed by atoms with Crippen LogP contribution in [0.3, 0.4) is 0 Å². The number of H-pyrrole nitrogens is 1. The second-order valence-corrected chi connectivity index (χ2v) is 4.86. The number of hydrogen-bond donors (Lipinski definition) is 2. The quantitative estimate of drug-likeness (QED) is 0.762. The summed E-state index contributed by atoms with van der Waals surface area (Å²) in [6.45, 7) is 4.91. The predicted octanol–water partition coefficient (Wildman–Crippen LogP) is 0.903. The number of rotatable bonds is 6. The number of nitrogens with two attached hydrogens (primary N) is 1. The lowest BCUT2D eigenvalue weighted by molar-refractivity contribution is 0.305. The second kappa shape index (κ2) is 6.42. The monoisotopic (exact) mass is 296 g/mol. The first-order valence-electron chi connectivity index (χ1n) is 6.23. The summed E-state index contributed by atoms with van der Waals surface area (Å²) in [5.41, 5.74) is 6.07. The Morgan fingerprint density at radius 2 is 2.25 bits per heavy atom. The van der Waals surface area contributed by atoms with Gasteiger partial charge in [-0.25, -0.2) is 14.9 Å². The smallest absolute Gasteiger partial charge is 0.343 e. The molecular weight excluding hydrogens is 280 g/mol. The summed E-state index contributed by atoms with van der Waals surface area (Å²) in [6, 6.07) is 0. The van der Waals surface area contributed by atoms with Gasteiger partial charge < -0.3 is 10.5 Å². The molecule has 0 bridgehead atoms. The van der Waals surface area contributed by atoms with E-state index in [-0.39, 0.29) is 5.69 Å². The van der Waals surface area contributed by atoms with E-state index in [1.165, 1.54) is 22.7 Å². The number of nitrogens with zero attached hydrogens (tertiary/aromatic N) is 4. The Kier molecular flexibility index (Phi) is 4.61. The summed E-state index contributed by atoms with van der Waals surface area (Å²) in [7, 11) is 0. The van der Waals surface area contributed by atoms with Gasteiger partial charge in [-0.3, -0.25) is 4.57 Å². The molecule has 0 saturated carbocycles. The van der Waals surface area contributed by atoms with Gasteiger partial charge in [0.05, 0.1) is 6.61 Å². The van der Waals surface area contributed by atoms with Crippen molar-refractivity contribution in [2.75, 3.05) is 12.3 Å². The van der Waals surface area contributed by atoms with Crippen LogP contribution in [0, 0.1) is 0 Å². The lowest BCUT2D eigenvalue weighted by atomic mass is 10.5. The van der Waals surface area contributed by atoms with Crippen molar-refractivity contribution in [3.05, 3.63) is 16.8 Å². The lowest BCUT2D eigenvalue weighted by Gasteiger charge is -2.09. The Bertz CT molecular complexity index is 638. The van der Waals surface area contributed by atoms with Crippen molar-refractivity contribution < 1.29 is 4.74 Å². The van der Waals surface area contributed by atoms with Crippen molar-refractivity contribution in [1.82, 2.24) is 24.7 Å². The summed E-state index contributed by atoms with van der Waals surface area (Å²) in [4.78, 5) is 19.6. The maximum absolute atomic E-state index is 11.5. The molecule has 2 aromatic heterocycles. The van der Waals surface area contributed by atoms with Gasteiger partial charge in [-0.15, -0.1) is 5.10 Å². The zero-order chi connectivity index (χ0) is 14.5. The molecule has 2 aromatic rings. The number of nitrogen functional groups attached to an aromatic ring is 1. The minimum Gasteiger partial charge on any atom is -0.476 e. The molecule has 0 aliphatic carbocycles. The third kappa shape index (κ3) is 2.93. The normalized spacial score (nSPS) is 10.7. The molecule has 0 aliphatic rings. The fraction of sp³-hybridized carbons (Fsp3) is 0.455. The first-order valence-corrected chi connectivity index (χ1v) is 7.05. The number of ether oxygens (including phenoxy) is 1. The summed E-state index contributed by atoms with van der Waals surface area (Å²) >= 11 is 1.20. The van der Waals surface area contributed by atoms with Crippen molar-refractivity contribution in [2.45, 2.75) is 37.0 Å². The van der Waals surface area contributed by atoms with Crippen LogP contribution in [0.5, 0.6) is 5.88 Å². The first kappa shape index (κ1) is 14.4. The fourth-order valence-corrected chi connectivity index (χ4v) is 2.39. The number of nitrogens with one attached hydrogen (secondary N) is 1. The Balaban J connectivity index is 2.27. The topological polar surface area (TPSA) is 112 Å². The van der Waals surface area contributed by atoms with Crippen LogP contribution in [0.4, 0.5) is 5.69 Å². The summed E-state index contributed by atoms with van der Waals surface area (Å²) < 4.78 is 6.94. The maximum Gasteiger partial charge on any atom is 0.343 e. The van der Waals surface area contributed by atoms with E-state index in [0.29, 0.717) is 34.9 Å². The van der Waals surface area contributed by atoms with E-state index >= 15 is 0 Å². The van der Waals surface area contributed by atoms with Crippen molar-refractivity contribution in [3.8, 4) is 5.88 Å². The number of aromatic nitrogens is 5. The van der Waals surface area contributed by atoms with Gasteiger partial charge in [0.25, 0.3) is 0 Å². The summed E-state index contributed by atoms with van der Waals surface area (Å²) in [6.07, 6.45) is 2.24. The molecule has 0 aromatic carbocycles. The van der Waals surface area contributed by atoms with Crippen LogP contribution in [0.15, 0.2) is 21.3 Å². The molecule has 0 fully saturated rings. The highest BCUT2D eigenvalue weighted by Gasteiger charge is 2.15. The van der Waals surface area contributed by atoms with Crippen LogP contribution < -0.4 is 16.2 Å². The Morgan fingerprint density at radius 3 is 2.95 bits per heavy atom. The highest BCUT2D eigenvalue weighted by atomic mass is 32.2. The SMILES string of the molecule is CCCOc1ncnc(Sc2n[nH]c(=O)n2CC)c1N. The molecule has 20 heavy (non-hydrogen) atoms. The van der Waals surface area contributed by atoms with E-state index in [4.69, 9.17) is 10.5 Å². The summed E-state index contributed by atoms with van der Waals surface area (Å²) in [5.74, 6) is 0.352. The zero-order valence-electron chi connectivity index (χ0n) is 11.3. The van der Waals surface area contributed by atoms with Crippen molar-refractivity contribution >= 4 is 17.4 Å². The standard InChI is InChI=1S/C11H16N6O2S/c1-3-5-19-8-7(12)9(14-6-13-8)20-11-16-15-10(18)17(11)4-2/h6H,3-5,12H2,1-2H3,(H,15,18). The molecule has 0 amide bonds. The lowest BCUT2D eigenvalue weighted by Crippen LogP contribution is -2.16. The van der Waals surface area contributed by atoms with E-state index in [2.05, 4.69) is 20.2 Å². The van der Waals surface area contributed by atoms with Crippen LogP contribution in [0.1, 0.15) is 20.3 Å². The average molecular weight is 296 g/mol. The van der Waals surface area contributed by atoms with Gasteiger partial charge in [-0.1, -0.05) is 6.92 Å². The van der Waals surface area contributed by atoms with E-state index < -0.39 is 0 Å². The predicted molar refractivity (Wildman–Crippen MR) is 74.9 cm³/mol. The van der Waals surface area contributed by atoms with Gasteiger partial charge in [0, 0.05) is 6.54 Å². The van der Waals surface area contributed by atoms with Gasteiger partial charge in [-0.05, 0) is 25.1 Å². The Labute approximate surface area is 119 Å². The molecule has 8 nitrogen and oxygen atoms in total. The Morgan fingerprint density at radius 1 is 1.45 bits per heavy atom. The second-order valence-electron chi connectivity index (χ2n) is 3.90. The third-order valence-corrected chi connectivity index (χ3v) is 3.49. The molecule has 2 rings (SSSR count). The molecule has 0 aliphatic heterocycles. The number of anilines is 1. The summed E-state index contributed by atoms with van der Waals surface area (Å²) in [5, 5.41) is 7.36. The van der Waals surface area contributed by atoms with Crippen LogP contribution in [-0.2, 0) is 6.54 Å². The highest BCUT2D eigenvalue weighted by Crippen LogP contribution is 2.32. The first-order chi connectivity index (χ1) is 9.67. The largest absolute Gasteiger partial charge is 0.476 e. The highest BCUT2D eigenvalue weighted by molar-refractivity contribution is 7.99. The molecule has 0 spiro atoms. The number of aromatic amines is 1. The molecule has 3 N–H and O–H groups in total. The Hall–Kier alpha value is -2.03. The van der Waals surface area contributed by atoms with Crippen molar-refractivity contribution in [2.24, 2.45) is 0 Å². The van der Waals surface area contributed by atoms with E-state index in [1.807, 2.05) is 13.8 Å². The molecule has 9 heteroatoms. The van der Waals surface area contributed by atoms with Gasteiger partial charge in [0.2, 0.25) is 5.88 Å². The van der Waals surface area contributed by atoms with Gasteiger partial charge >= 0.3 is 5.69 Å². The third-order valence-electron chi connectivity index (χ3n) is 2.48. The molecule has 0 unspecified atom stereocenters. The van der Waals surface area contributed by atoms with Crippen LogP contribution in [0.2, 0.25) is 0 Å². The van der Waals surface area contributed by atoms with Crippen LogP contribution in [0.25, 0.3) is 0 Å². The van der Waals surface area contributed by atoms with Gasteiger partial charge in [0.1, 0.15) is 17.0 Å². The van der Waals surface area contributed by atoms with E-state index in [0.717, 1.165) is 6.42 Å². The molecule has 108 valence electrons.